The third kappa shape index (κ3) is 4.24. The third-order valence-corrected chi connectivity index (χ3v) is 6.73. The minimum Gasteiger partial charge on any atom is -0.486 e. The number of anilines is 1. The molecule has 0 radical (unpaired) electrons. The lowest BCUT2D eigenvalue weighted by Gasteiger charge is -2.26. The number of carbonyl (C=O) groups is 1. The van der Waals surface area contributed by atoms with E-state index < -0.39 is 0 Å². The lowest BCUT2D eigenvalue weighted by molar-refractivity contribution is -0.116. The van der Waals surface area contributed by atoms with E-state index >= 15 is 0 Å². The molecule has 2 aliphatic rings. The van der Waals surface area contributed by atoms with Crippen LogP contribution >= 0.6 is 35.5 Å². The van der Waals surface area contributed by atoms with Crippen LogP contribution in [0.1, 0.15) is 17.4 Å². The van der Waals surface area contributed by atoms with Gasteiger partial charge in [0.15, 0.2) is 11.5 Å². The van der Waals surface area contributed by atoms with E-state index in [0.29, 0.717) is 32.1 Å². The highest BCUT2D eigenvalue weighted by atomic mass is 35.5. The maximum absolute atomic E-state index is 12.5. The van der Waals surface area contributed by atoms with Crippen molar-refractivity contribution in [2.75, 3.05) is 37.0 Å². The zero-order valence-electron chi connectivity index (χ0n) is 15.4. The number of thioether (sulfide) groups is 1. The number of nitrogens with one attached hydrogen (secondary N) is 1. The summed E-state index contributed by atoms with van der Waals surface area (Å²) in [7, 11) is 0. The van der Waals surface area contributed by atoms with Gasteiger partial charge in [-0.2, -0.15) is 0 Å². The molecule has 0 unspecified atom stereocenters. The Kier molecular flexibility index (Phi) is 6.74. The van der Waals surface area contributed by atoms with Crippen molar-refractivity contribution in [3.8, 4) is 11.5 Å². The lowest BCUT2D eigenvalue weighted by atomic mass is 10.1. The largest absolute Gasteiger partial charge is 0.486 e. The molecule has 2 aliphatic heterocycles. The summed E-state index contributed by atoms with van der Waals surface area (Å²) in [4.78, 5) is 15.1. The molecule has 9 heteroatoms. The summed E-state index contributed by atoms with van der Waals surface area (Å²) in [5, 5.41) is 8.00. The number of nitrogens with zero attached hydrogens (tertiary/aromatic N) is 1. The van der Waals surface area contributed by atoms with Crippen LogP contribution in [0.3, 0.4) is 0 Å². The van der Waals surface area contributed by atoms with Crippen molar-refractivity contribution in [2.45, 2.75) is 17.6 Å². The Balaban J connectivity index is 0.00000225. The van der Waals surface area contributed by atoms with Gasteiger partial charge < -0.3 is 19.1 Å². The van der Waals surface area contributed by atoms with Crippen LogP contribution < -0.4 is 14.4 Å². The molecule has 1 aromatic carbocycles. The molecule has 0 spiro atoms. The fourth-order valence-corrected chi connectivity index (χ4v) is 5.26. The summed E-state index contributed by atoms with van der Waals surface area (Å²) in [5.74, 6) is 2.22. The number of rotatable bonds is 5. The molecule has 1 aromatic heterocycles. The van der Waals surface area contributed by atoms with E-state index in [1.807, 2.05) is 36.1 Å². The zero-order valence-corrected chi connectivity index (χ0v) is 17.8. The molecule has 28 heavy (non-hydrogen) atoms. The summed E-state index contributed by atoms with van der Waals surface area (Å²) in [6.45, 7) is 4.04. The number of hydrogen-bond donors (Lipinski definition) is 1. The molecular formula is C19H21ClN2O4S2. The molecule has 4 rings (SSSR count). The minimum absolute atomic E-state index is 0. The van der Waals surface area contributed by atoms with Crippen LogP contribution in [0, 0.1) is 5.41 Å². The third-order valence-electron chi connectivity index (χ3n) is 4.34. The van der Waals surface area contributed by atoms with E-state index in [0.717, 1.165) is 38.3 Å². The van der Waals surface area contributed by atoms with Crippen molar-refractivity contribution in [2.24, 2.45) is 0 Å². The van der Waals surface area contributed by atoms with E-state index in [4.69, 9.17) is 19.6 Å². The summed E-state index contributed by atoms with van der Waals surface area (Å²) in [6, 6.07) is 7.82. The molecule has 6 nitrogen and oxygen atoms in total. The molecule has 0 aliphatic carbocycles. The maximum Gasteiger partial charge on any atom is 0.237 e. The highest BCUT2D eigenvalue weighted by molar-refractivity contribution is 8.02. The Morgan fingerprint density at radius 3 is 2.82 bits per heavy atom. The van der Waals surface area contributed by atoms with Gasteiger partial charge in [-0.05, 0) is 37.1 Å². The van der Waals surface area contributed by atoms with Crippen LogP contribution in [-0.4, -0.2) is 43.9 Å². The standard InChI is InChI=1S/C19H20N2O4S2.ClH/c1-2-23-18(20)16-10-13-19(27-16)26-11-17(22)21(13)6-5-12-3-4-14-15(9-12)25-8-7-24-14;/h3-4,9-10,20H,2,5-8,11H2,1H3;1H. The second-order valence-corrected chi connectivity index (χ2v) is 8.40. The fourth-order valence-electron chi connectivity index (χ4n) is 3.05. The molecule has 150 valence electrons. The summed E-state index contributed by atoms with van der Waals surface area (Å²) in [6.07, 6.45) is 0.723. The Labute approximate surface area is 178 Å². The van der Waals surface area contributed by atoms with E-state index in [1.165, 1.54) is 23.1 Å². The number of halogens is 1. The van der Waals surface area contributed by atoms with Gasteiger partial charge in [0, 0.05) is 6.54 Å². The molecule has 2 aromatic rings. The molecular weight excluding hydrogens is 420 g/mol. The van der Waals surface area contributed by atoms with Gasteiger partial charge in [0.25, 0.3) is 0 Å². The van der Waals surface area contributed by atoms with E-state index in [9.17, 15) is 4.79 Å². The Bertz CT molecular complexity index is 887. The number of amides is 1. The Morgan fingerprint density at radius 2 is 2.04 bits per heavy atom. The SMILES string of the molecule is CCOC(=N)c1cc2c(s1)SCC(=O)N2CCc1ccc2c(c1)OCCO2.Cl. The second-order valence-electron chi connectivity index (χ2n) is 6.11. The maximum atomic E-state index is 12.5. The molecule has 1 amide bonds. The summed E-state index contributed by atoms with van der Waals surface area (Å²) >= 11 is 3.05. The average molecular weight is 441 g/mol. The second kappa shape index (κ2) is 9.07. The van der Waals surface area contributed by atoms with Crippen LogP contribution in [0.2, 0.25) is 0 Å². The Morgan fingerprint density at radius 1 is 1.25 bits per heavy atom. The number of benzene rings is 1. The summed E-state index contributed by atoms with van der Waals surface area (Å²) in [5.41, 5.74) is 1.99. The monoisotopic (exact) mass is 440 g/mol. The van der Waals surface area contributed by atoms with Crippen molar-refractivity contribution in [1.82, 2.24) is 0 Å². The van der Waals surface area contributed by atoms with Gasteiger partial charge in [-0.25, -0.2) is 0 Å². The van der Waals surface area contributed by atoms with Crippen LogP contribution in [0.4, 0.5) is 5.69 Å². The van der Waals surface area contributed by atoms with Crippen LogP contribution in [0.25, 0.3) is 0 Å². The first-order chi connectivity index (χ1) is 13.2. The highest BCUT2D eigenvalue weighted by Gasteiger charge is 2.28. The van der Waals surface area contributed by atoms with Gasteiger partial charge >= 0.3 is 0 Å². The first kappa shape index (κ1) is 20.8. The first-order valence-corrected chi connectivity index (χ1v) is 10.6. The lowest BCUT2D eigenvalue weighted by Crippen LogP contribution is -2.36. The normalized spacial score (nSPS) is 14.9. The zero-order chi connectivity index (χ0) is 18.8. The van der Waals surface area contributed by atoms with Gasteiger partial charge in [0.05, 0.1) is 27.1 Å². The van der Waals surface area contributed by atoms with E-state index in [1.54, 1.807) is 0 Å². The minimum atomic E-state index is 0. The molecule has 0 saturated heterocycles. The van der Waals surface area contributed by atoms with Gasteiger partial charge in [0.2, 0.25) is 11.8 Å². The predicted octanol–water partition coefficient (Wildman–Crippen LogP) is 3.98. The quantitative estimate of drug-likeness (QED) is 0.562. The fraction of sp³-hybridized carbons (Fsp3) is 0.368. The van der Waals surface area contributed by atoms with Crippen molar-refractivity contribution in [3.05, 3.63) is 34.7 Å². The van der Waals surface area contributed by atoms with Gasteiger partial charge in [-0.15, -0.1) is 35.5 Å². The highest BCUT2D eigenvalue weighted by Crippen LogP contribution is 2.42. The van der Waals surface area contributed by atoms with Crippen molar-refractivity contribution >= 4 is 53.0 Å². The van der Waals surface area contributed by atoms with Crippen molar-refractivity contribution < 1.29 is 19.0 Å². The topological polar surface area (TPSA) is 71.9 Å². The Hall–Kier alpha value is -1.90. The smallest absolute Gasteiger partial charge is 0.237 e. The predicted molar refractivity (Wildman–Crippen MR) is 114 cm³/mol. The van der Waals surface area contributed by atoms with Crippen LogP contribution in [-0.2, 0) is 16.0 Å². The van der Waals surface area contributed by atoms with Crippen molar-refractivity contribution in [3.63, 3.8) is 0 Å². The van der Waals surface area contributed by atoms with Crippen molar-refractivity contribution in [1.29, 1.82) is 5.41 Å². The molecule has 3 heterocycles. The number of hydrogen-bond acceptors (Lipinski definition) is 7. The molecule has 0 bridgehead atoms. The average Bonchev–Trinajstić information content (AvgIpc) is 3.12. The van der Waals surface area contributed by atoms with Crippen LogP contribution in [0.5, 0.6) is 11.5 Å². The summed E-state index contributed by atoms with van der Waals surface area (Å²) < 4.78 is 17.6. The molecule has 0 atom stereocenters. The van der Waals surface area contributed by atoms with Gasteiger partial charge in [-0.3, -0.25) is 10.2 Å². The number of carbonyl (C=O) groups excluding carboxylic acids is 1. The molecule has 0 saturated carbocycles. The number of fused-ring (bicyclic) bond motifs is 2. The van der Waals surface area contributed by atoms with E-state index in [-0.39, 0.29) is 24.2 Å². The van der Waals surface area contributed by atoms with Crippen LogP contribution in [0.15, 0.2) is 28.5 Å². The number of thiophene rings is 1. The van der Waals surface area contributed by atoms with Gasteiger partial charge in [-0.1, -0.05) is 6.07 Å². The molecule has 1 N–H and O–H groups in total. The first-order valence-electron chi connectivity index (χ1n) is 8.83. The van der Waals surface area contributed by atoms with E-state index in [2.05, 4.69) is 0 Å². The molecule has 0 fully saturated rings. The number of ether oxygens (including phenoxy) is 3. The van der Waals surface area contributed by atoms with Gasteiger partial charge in [0.1, 0.15) is 13.2 Å².